The highest BCUT2D eigenvalue weighted by Crippen LogP contribution is 2.36. The molecule has 3 aliphatic rings. The molecule has 0 radical (unpaired) electrons. The number of piperidine rings is 1. The number of amides is 2. The molecule has 3 heterocycles. The van der Waals surface area contributed by atoms with E-state index in [0.717, 1.165) is 54.7 Å². The Morgan fingerprint density at radius 2 is 1.72 bits per heavy atom. The van der Waals surface area contributed by atoms with E-state index in [-0.39, 0.29) is 29.9 Å². The van der Waals surface area contributed by atoms with E-state index in [2.05, 4.69) is 21.9 Å². The Hall–Kier alpha value is -2.80. The first-order chi connectivity index (χ1) is 22.6. The van der Waals surface area contributed by atoms with E-state index in [1.54, 1.807) is 24.3 Å². The van der Waals surface area contributed by atoms with Crippen LogP contribution in [0.3, 0.4) is 0 Å². The van der Waals surface area contributed by atoms with Crippen LogP contribution < -0.4 is 10.0 Å². The van der Waals surface area contributed by atoms with Crippen LogP contribution in [-0.4, -0.2) is 89.3 Å². The summed E-state index contributed by atoms with van der Waals surface area (Å²) >= 11 is 0. The van der Waals surface area contributed by atoms with Gasteiger partial charge in [-0.05, 0) is 82.6 Å². The summed E-state index contributed by atoms with van der Waals surface area (Å²) in [7, 11) is -3.63. The molecule has 1 atom stereocenters. The van der Waals surface area contributed by atoms with Crippen molar-refractivity contribution >= 4 is 21.8 Å². The predicted molar refractivity (Wildman–Crippen MR) is 182 cm³/mol. The molecule has 260 valence electrons. The maximum absolute atomic E-state index is 13.9. The van der Waals surface area contributed by atoms with Crippen LogP contribution in [0.5, 0.6) is 0 Å². The summed E-state index contributed by atoms with van der Waals surface area (Å²) in [5.74, 6) is 0.658. The quantitative estimate of drug-likeness (QED) is 0.259. The average molecular weight is 671 g/mol. The van der Waals surface area contributed by atoms with Crippen LogP contribution in [0, 0.1) is 19.8 Å². The molecule has 3 fully saturated rings. The molecule has 1 aromatic heterocycles. The van der Waals surface area contributed by atoms with Crippen molar-refractivity contribution in [2.75, 3.05) is 32.8 Å². The molecule has 2 amide bonds. The number of nitrogens with one attached hydrogen (secondary N) is 2. The van der Waals surface area contributed by atoms with E-state index in [0.29, 0.717) is 57.8 Å². The standard InChI is InChI=1S/C35H54N6O5S/c1-4-5-20-40-33(43)32(24-28-11-7-6-8-12-28)37-34(44)35(40)17-21-39(22-18-35)25-31-26(2)38-41(27(31)3)29-13-15-30(16-14-29)47(45,46)36-19-9-10-23-42/h13-16,28,32,36,42H,4-12,17-25H2,1-3H3,(H,37,44)/t32-/m0/s1. The maximum atomic E-state index is 13.9. The van der Waals surface area contributed by atoms with Crippen LogP contribution >= 0.6 is 0 Å². The van der Waals surface area contributed by atoms with E-state index in [9.17, 15) is 18.0 Å². The second kappa shape index (κ2) is 15.6. The molecule has 0 bridgehead atoms. The number of hydrogen-bond acceptors (Lipinski definition) is 7. The number of rotatable bonds is 14. The number of aliphatic hydroxyl groups excluding tert-OH is 1. The Morgan fingerprint density at radius 3 is 2.38 bits per heavy atom. The molecular weight excluding hydrogens is 616 g/mol. The minimum atomic E-state index is -3.63. The Balaban J connectivity index is 1.24. The number of piperazine rings is 1. The van der Waals surface area contributed by atoms with E-state index in [1.807, 2.05) is 23.4 Å². The van der Waals surface area contributed by atoms with Crippen molar-refractivity contribution in [3.63, 3.8) is 0 Å². The largest absolute Gasteiger partial charge is 0.396 e. The first kappa shape index (κ1) is 35.5. The lowest BCUT2D eigenvalue weighted by Crippen LogP contribution is -2.73. The van der Waals surface area contributed by atoms with E-state index >= 15 is 0 Å². The van der Waals surface area contributed by atoms with E-state index < -0.39 is 21.6 Å². The molecule has 1 spiro atoms. The first-order valence-corrected chi connectivity index (χ1v) is 19.2. The van der Waals surface area contributed by atoms with Gasteiger partial charge in [0.25, 0.3) is 0 Å². The normalized spacial score (nSPS) is 21.0. The number of nitrogens with zero attached hydrogens (tertiary/aromatic N) is 4. The van der Waals surface area contributed by atoms with Gasteiger partial charge >= 0.3 is 0 Å². The summed E-state index contributed by atoms with van der Waals surface area (Å²) in [4.78, 5) is 32.3. The Labute approximate surface area is 280 Å². The van der Waals surface area contributed by atoms with Gasteiger partial charge in [0.1, 0.15) is 11.6 Å². The number of hydrogen-bond donors (Lipinski definition) is 3. The summed E-state index contributed by atoms with van der Waals surface area (Å²) in [6.07, 6.45) is 11.0. The molecule has 2 aromatic rings. The van der Waals surface area contributed by atoms with Crippen molar-refractivity contribution < 1.29 is 23.1 Å². The zero-order chi connectivity index (χ0) is 33.6. The van der Waals surface area contributed by atoms with Crippen molar-refractivity contribution in [3.05, 3.63) is 41.2 Å². The van der Waals surface area contributed by atoms with Crippen LogP contribution in [0.25, 0.3) is 5.69 Å². The second-order valence-corrected chi connectivity index (χ2v) is 15.6. The zero-order valence-electron chi connectivity index (χ0n) is 28.5. The fourth-order valence-electron chi connectivity index (χ4n) is 7.68. The third-order valence-corrected chi connectivity index (χ3v) is 12.1. The van der Waals surface area contributed by atoms with Crippen molar-refractivity contribution in [1.82, 2.24) is 29.6 Å². The van der Waals surface area contributed by atoms with Crippen LogP contribution in [0.4, 0.5) is 0 Å². The lowest BCUT2D eigenvalue weighted by Gasteiger charge is -2.52. The molecule has 3 N–H and O–H groups in total. The third-order valence-electron chi connectivity index (χ3n) is 10.6. The summed E-state index contributed by atoms with van der Waals surface area (Å²) in [5, 5.41) is 16.9. The summed E-state index contributed by atoms with van der Waals surface area (Å²) < 4.78 is 29.8. The number of aromatic nitrogens is 2. The molecular formula is C35H54N6O5S. The number of benzene rings is 1. The molecule has 2 saturated heterocycles. The van der Waals surface area contributed by atoms with Crippen LogP contribution in [0.15, 0.2) is 29.2 Å². The summed E-state index contributed by atoms with van der Waals surface area (Å²) in [5.41, 5.74) is 3.01. The van der Waals surface area contributed by atoms with Gasteiger partial charge in [-0.1, -0.05) is 45.4 Å². The Morgan fingerprint density at radius 1 is 1.02 bits per heavy atom. The molecule has 2 aliphatic heterocycles. The number of aliphatic hydroxyl groups is 1. The molecule has 1 saturated carbocycles. The van der Waals surface area contributed by atoms with E-state index in [1.165, 1.54) is 19.3 Å². The lowest BCUT2D eigenvalue weighted by molar-refractivity contribution is -0.162. The lowest BCUT2D eigenvalue weighted by atomic mass is 9.79. The zero-order valence-corrected chi connectivity index (χ0v) is 29.3. The van der Waals surface area contributed by atoms with E-state index in [4.69, 9.17) is 10.2 Å². The number of unbranched alkanes of at least 4 members (excludes halogenated alkanes) is 2. The second-order valence-electron chi connectivity index (χ2n) is 13.8. The number of likely N-dealkylation sites (tertiary alicyclic amines) is 1. The highest BCUT2D eigenvalue weighted by molar-refractivity contribution is 7.89. The van der Waals surface area contributed by atoms with Gasteiger partial charge in [-0.25, -0.2) is 17.8 Å². The predicted octanol–water partition coefficient (Wildman–Crippen LogP) is 3.97. The minimum absolute atomic E-state index is 0.0275. The van der Waals surface area contributed by atoms with Gasteiger partial charge in [0.05, 0.1) is 16.3 Å². The van der Waals surface area contributed by atoms with Crippen LogP contribution in [0.2, 0.25) is 0 Å². The van der Waals surface area contributed by atoms with Gasteiger partial charge in [0, 0.05) is 50.6 Å². The van der Waals surface area contributed by atoms with Crippen LogP contribution in [-0.2, 0) is 26.2 Å². The minimum Gasteiger partial charge on any atom is -0.396 e. The number of carbonyl (C=O) groups excluding carboxylic acids is 2. The first-order valence-electron chi connectivity index (χ1n) is 17.7. The van der Waals surface area contributed by atoms with Crippen LogP contribution in [0.1, 0.15) is 101 Å². The van der Waals surface area contributed by atoms with Gasteiger partial charge in [-0.2, -0.15) is 5.10 Å². The SMILES string of the molecule is CCCCN1C(=O)[C@H](CC2CCCCC2)NC(=O)C12CCN(Cc1c(C)nn(-c3ccc(S(=O)(=O)NCCCCO)cc3)c1C)CC2. The molecule has 11 nitrogen and oxygen atoms in total. The molecule has 1 aliphatic carbocycles. The van der Waals surface area contributed by atoms with Crippen molar-refractivity contribution in [1.29, 1.82) is 0 Å². The summed E-state index contributed by atoms with van der Waals surface area (Å²) in [6, 6.07) is 6.31. The van der Waals surface area contributed by atoms with Crippen molar-refractivity contribution in [3.8, 4) is 5.69 Å². The van der Waals surface area contributed by atoms with Gasteiger partial charge in [-0.15, -0.1) is 0 Å². The smallest absolute Gasteiger partial charge is 0.246 e. The Kier molecular flexibility index (Phi) is 11.8. The van der Waals surface area contributed by atoms with Gasteiger partial charge in [0.15, 0.2) is 0 Å². The average Bonchev–Trinajstić information content (AvgIpc) is 3.35. The van der Waals surface area contributed by atoms with Crippen molar-refractivity contribution in [2.24, 2.45) is 5.92 Å². The van der Waals surface area contributed by atoms with Gasteiger partial charge < -0.3 is 15.3 Å². The molecule has 0 unspecified atom stereocenters. The molecule has 47 heavy (non-hydrogen) atoms. The molecule has 12 heteroatoms. The summed E-state index contributed by atoms with van der Waals surface area (Å²) in [6.45, 7) is 9.20. The highest BCUT2D eigenvalue weighted by atomic mass is 32.2. The molecule has 1 aromatic carbocycles. The maximum Gasteiger partial charge on any atom is 0.246 e. The molecule has 5 rings (SSSR count). The monoisotopic (exact) mass is 670 g/mol. The topological polar surface area (TPSA) is 137 Å². The number of sulfonamides is 1. The highest BCUT2D eigenvalue weighted by Gasteiger charge is 2.53. The fraction of sp³-hybridized carbons (Fsp3) is 0.686. The van der Waals surface area contributed by atoms with Gasteiger partial charge in [0.2, 0.25) is 21.8 Å². The number of aryl methyl sites for hydroxylation is 1. The van der Waals surface area contributed by atoms with Gasteiger partial charge in [-0.3, -0.25) is 14.5 Å². The fourth-order valence-corrected chi connectivity index (χ4v) is 8.76. The Bertz CT molecular complexity index is 1480. The van der Waals surface area contributed by atoms with Crippen molar-refractivity contribution in [2.45, 2.75) is 121 Å². The number of carbonyl (C=O) groups is 2. The third kappa shape index (κ3) is 7.92.